The zero-order valence-corrected chi connectivity index (χ0v) is 15.0. The van der Waals surface area contributed by atoms with E-state index in [1.165, 1.54) is 10.4 Å². The number of rotatable bonds is 5. The monoisotopic (exact) mass is 425 g/mol. The highest BCUT2D eigenvalue weighted by molar-refractivity contribution is 9.13. The fraction of sp³-hybridized carbons (Fsp3) is 0.125. The van der Waals surface area contributed by atoms with E-state index in [0.717, 1.165) is 14.9 Å². The van der Waals surface area contributed by atoms with Gasteiger partial charge in [0.05, 0.1) is 17.1 Å². The van der Waals surface area contributed by atoms with Gasteiger partial charge >= 0.3 is 0 Å². The Hall–Kier alpha value is -0.880. The van der Waals surface area contributed by atoms with Gasteiger partial charge in [0, 0.05) is 4.88 Å². The molecule has 0 saturated heterocycles. The molecule has 3 aromatic rings. The van der Waals surface area contributed by atoms with Crippen LogP contribution in [0.25, 0.3) is 0 Å². The molecule has 1 aromatic carbocycles. The molecular formula is C16H13Br2NOS. The Kier molecular flexibility index (Phi) is 4.95. The van der Waals surface area contributed by atoms with Crippen molar-refractivity contribution in [1.82, 2.24) is 5.32 Å². The molecule has 3 rings (SSSR count). The van der Waals surface area contributed by atoms with Crippen LogP contribution in [-0.2, 0) is 6.54 Å². The summed E-state index contributed by atoms with van der Waals surface area (Å²) in [5, 5.41) is 5.67. The Bertz CT molecular complexity index is 675. The molecule has 2 heterocycles. The van der Waals surface area contributed by atoms with Crippen molar-refractivity contribution >= 4 is 43.2 Å². The van der Waals surface area contributed by atoms with Crippen molar-refractivity contribution in [1.29, 1.82) is 0 Å². The molecule has 0 aliphatic carbocycles. The smallest absolute Gasteiger partial charge is 0.183 e. The molecule has 21 heavy (non-hydrogen) atoms. The first-order valence-corrected chi connectivity index (χ1v) is 8.96. The van der Waals surface area contributed by atoms with Crippen LogP contribution in [0.5, 0.6) is 0 Å². The zero-order chi connectivity index (χ0) is 14.7. The molecule has 108 valence electrons. The summed E-state index contributed by atoms with van der Waals surface area (Å²) in [5.41, 5.74) is 1.25. The van der Waals surface area contributed by atoms with E-state index in [0.29, 0.717) is 6.54 Å². The summed E-state index contributed by atoms with van der Waals surface area (Å²) in [6.45, 7) is 0.668. The summed E-state index contributed by atoms with van der Waals surface area (Å²) in [6, 6.07) is 16.9. The molecular weight excluding hydrogens is 414 g/mol. The highest BCUT2D eigenvalue weighted by atomic mass is 79.9. The van der Waals surface area contributed by atoms with Crippen molar-refractivity contribution in [3.8, 4) is 0 Å². The molecule has 0 aliphatic rings. The van der Waals surface area contributed by atoms with E-state index in [4.69, 9.17) is 4.42 Å². The molecule has 0 aliphatic heterocycles. The first-order chi connectivity index (χ1) is 10.2. The third kappa shape index (κ3) is 3.66. The molecule has 0 radical (unpaired) electrons. The minimum atomic E-state index is 0.175. The maximum absolute atomic E-state index is 5.63. The standard InChI is InChI=1S/C16H13Br2NOS/c17-13-9-12(20-16(13)18)10-19-15(14-7-4-8-21-14)11-5-2-1-3-6-11/h1-9,15,19H,10H2. The molecule has 1 unspecified atom stereocenters. The summed E-state index contributed by atoms with van der Waals surface area (Å²) in [6.07, 6.45) is 0. The second kappa shape index (κ2) is 6.92. The van der Waals surface area contributed by atoms with Crippen LogP contribution in [0.4, 0.5) is 0 Å². The molecule has 0 saturated carbocycles. The van der Waals surface area contributed by atoms with Crippen LogP contribution in [0.2, 0.25) is 0 Å². The third-order valence-electron chi connectivity index (χ3n) is 3.14. The topological polar surface area (TPSA) is 25.2 Å². The Balaban J connectivity index is 1.80. The average molecular weight is 427 g/mol. The highest BCUT2D eigenvalue weighted by Gasteiger charge is 2.15. The molecule has 0 amide bonds. The van der Waals surface area contributed by atoms with Gasteiger partial charge < -0.3 is 4.42 Å². The largest absolute Gasteiger partial charge is 0.452 e. The molecule has 1 atom stereocenters. The van der Waals surface area contributed by atoms with E-state index in [1.54, 1.807) is 11.3 Å². The fourth-order valence-corrected chi connectivity index (χ4v) is 3.65. The molecule has 2 aromatic heterocycles. The van der Waals surface area contributed by atoms with Crippen LogP contribution in [-0.4, -0.2) is 0 Å². The van der Waals surface area contributed by atoms with E-state index < -0.39 is 0 Å². The first-order valence-electron chi connectivity index (χ1n) is 6.49. The Labute approximate surface area is 144 Å². The quantitative estimate of drug-likeness (QED) is 0.562. The lowest BCUT2D eigenvalue weighted by molar-refractivity contribution is 0.453. The van der Waals surface area contributed by atoms with Gasteiger partial charge in [-0.15, -0.1) is 11.3 Å². The van der Waals surface area contributed by atoms with E-state index in [1.807, 2.05) is 12.1 Å². The number of thiophene rings is 1. The molecule has 5 heteroatoms. The Morgan fingerprint density at radius 2 is 1.90 bits per heavy atom. The van der Waals surface area contributed by atoms with Crippen molar-refractivity contribution in [2.45, 2.75) is 12.6 Å². The van der Waals surface area contributed by atoms with Crippen molar-refractivity contribution < 1.29 is 4.42 Å². The summed E-state index contributed by atoms with van der Waals surface area (Å²) in [5.74, 6) is 0.895. The van der Waals surface area contributed by atoms with Gasteiger partial charge in [0.1, 0.15) is 5.76 Å². The van der Waals surface area contributed by atoms with Crippen LogP contribution >= 0.6 is 43.2 Å². The van der Waals surface area contributed by atoms with Gasteiger partial charge in [-0.1, -0.05) is 36.4 Å². The number of nitrogens with one attached hydrogen (secondary N) is 1. The maximum atomic E-state index is 5.63. The number of benzene rings is 1. The SMILES string of the molecule is Brc1cc(CNC(c2ccccc2)c2cccs2)oc1Br. The van der Waals surface area contributed by atoms with E-state index in [-0.39, 0.29) is 6.04 Å². The second-order valence-electron chi connectivity index (χ2n) is 4.57. The Morgan fingerprint density at radius 3 is 2.52 bits per heavy atom. The Morgan fingerprint density at radius 1 is 1.10 bits per heavy atom. The zero-order valence-electron chi connectivity index (χ0n) is 11.1. The molecule has 2 nitrogen and oxygen atoms in total. The molecule has 0 spiro atoms. The predicted molar refractivity (Wildman–Crippen MR) is 93.6 cm³/mol. The number of furan rings is 1. The number of hydrogen-bond donors (Lipinski definition) is 1. The van der Waals surface area contributed by atoms with Gasteiger partial charge in [0.2, 0.25) is 0 Å². The fourth-order valence-electron chi connectivity index (χ4n) is 2.16. The second-order valence-corrected chi connectivity index (χ2v) is 7.13. The third-order valence-corrected chi connectivity index (χ3v) is 5.78. The normalized spacial score (nSPS) is 12.5. The van der Waals surface area contributed by atoms with Gasteiger partial charge in [-0.2, -0.15) is 0 Å². The summed E-state index contributed by atoms with van der Waals surface area (Å²) < 4.78 is 7.29. The van der Waals surface area contributed by atoms with Crippen molar-refractivity contribution in [3.05, 3.63) is 79.3 Å². The summed E-state index contributed by atoms with van der Waals surface area (Å²) in [7, 11) is 0. The van der Waals surface area contributed by atoms with Gasteiger partial charge in [-0.3, -0.25) is 5.32 Å². The van der Waals surface area contributed by atoms with Gasteiger partial charge in [0.15, 0.2) is 4.67 Å². The van der Waals surface area contributed by atoms with Crippen LogP contribution in [0, 0.1) is 0 Å². The van der Waals surface area contributed by atoms with Crippen molar-refractivity contribution in [3.63, 3.8) is 0 Å². The molecule has 1 N–H and O–H groups in total. The molecule has 0 fully saturated rings. The minimum Gasteiger partial charge on any atom is -0.452 e. The lowest BCUT2D eigenvalue weighted by Crippen LogP contribution is -2.20. The first kappa shape index (κ1) is 15.0. The highest BCUT2D eigenvalue weighted by Crippen LogP contribution is 2.29. The lowest BCUT2D eigenvalue weighted by Gasteiger charge is -2.17. The number of hydrogen-bond acceptors (Lipinski definition) is 3. The summed E-state index contributed by atoms with van der Waals surface area (Å²) >= 11 is 8.57. The number of halogens is 2. The van der Waals surface area contributed by atoms with E-state index in [9.17, 15) is 0 Å². The van der Waals surface area contributed by atoms with Crippen LogP contribution in [0.1, 0.15) is 22.2 Å². The lowest BCUT2D eigenvalue weighted by atomic mass is 10.1. The van der Waals surface area contributed by atoms with E-state index in [2.05, 4.69) is 79.0 Å². The van der Waals surface area contributed by atoms with Crippen molar-refractivity contribution in [2.75, 3.05) is 0 Å². The van der Waals surface area contributed by atoms with Gasteiger partial charge in [-0.25, -0.2) is 0 Å². The average Bonchev–Trinajstić information content (AvgIpc) is 3.12. The van der Waals surface area contributed by atoms with Crippen molar-refractivity contribution in [2.24, 2.45) is 0 Å². The van der Waals surface area contributed by atoms with Crippen LogP contribution < -0.4 is 5.32 Å². The maximum Gasteiger partial charge on any atom is 0.183 e. The van der Waals surface area contributed by atoms with Crippen LogP contribution in [0.3, 0.4) is 0 Å². The van der Waals surface area contributed by atoms with Gasteiger partial charge in [0.25, 0.3) is 0 Å². The molecule has 0 bridgehead atoms. The summed E-state index contributed by atoms with van der Waals surface area (Å²) in [4.78, 5) is 1.30. The van der Waals surface area contributed by atoms with E-state index >= 15 is 0 Å². The predicted octanol–water partition coefficient (Wildman–Crippen LogP) is 5.75. The van der Waals surface area contributed by atoms with Crippen LogP contribution in [0.15, 0.2) is 67.5 Å². The van der Waals surface area contributed by atoms with Gasteiger partial charge in [-0.05, 0) is 54.9 Å². The minimum absolute atomic E-state index is 0.175.